The van der Waals surface area contributed by atoms with Crippen LogP contribution >= 0.6 is 0 Å². The van der Waals surface area contributed by atoms with Gasteiger partial charge in [0.15, 0.2) is 6.10 Å². The van der Waals surface area contributed by atoms with Crippen LogP contribution in [-0.4, -0.2) is 49.6 Å². The second kappa shape index (κ2) is 7.29. The van der Waals surface area contributed by atoms with Crippen molar-refractivity contribution in [1.29, 1.82) is 0 Å². The first kappa shape index (κ1) is 14.9. The van der Waals surface area contributed by atoms with E-state index < -0.39 is 0 Å². The molecule has 1 aliphatic rings. The number of amides is 1. The Bertz CT molecular complexity index is 414. The van der Waals surface area contributed by atoms with E-state index >= 15 is 0 Å². The topological polar surface area (TPSA) is 34.0 Å². The van der Waals surface area contributed by atoms with Gasteiger partial charge in [0.1, 0.15) is 5.75 Å². The Balaban J connectivity index is 1.92. The molecule has 1 amide bonds. The number of carbonyl (C=O) groups excluding carboxylic acids is 1. The summed E-state index contributed by atoms with van der Waals surface area (Å²) in [6.07, 6.45) is 0.342. The molecule has 0 bridgehead atoms. The number of likely N-dealkylation sites (N-methyl/N-ethyl adjacent to an activating group) is 1. The summed E-state index contributed by atoms with van der Waals surface area (Å²) in [4.78, 5) is 16.1. The zero-order chi connectivity index (χ0) is 14.4. The zero-order valence-corrected chi connectivity index (χ0v) is 12.5. The summed E-state index contributed by atoms with van der Waals surface area (Å²) >= 11 is 0. The van der Waals surface area contributed by atoms with Crippen LogP contribution in [0.2, 0.25) is 0 Å². The first-order valence-electron chi connectivity index (χ1n) is 7.58. The summed E-state index contributed by atoms with van der Waals surface area (Å²) in [7, 11) is 0. The van der Waals surface area contributed by atoms with Crippen LogP contribution in [0.4, 0.5) is 0 Å². The molecule has 1 heterocycles. The third kappa shape index (κ3) is 3.73. The molecule has 0 unspecified atom stereocenters. The standard InChI is InChI=1S/C16H24N2O2/c1-3-15(20-14-8-6-5-7-9-14)16(19)18-12-10-17(4-2)11-13-18/h5-9,15H,3-4,10-13H2,1-2H3/p+1/t15-/m0/s1. The summed E-state index contributed by atoms with van der Waals surface area (Å²) in [5.41, 5.74) is 0. The summed E-state index contributed by atoms with van der Waals surface area (Å²) in [5.74, 6) is 0.900. The summed E-state index contributed by atoms with van der Waals surface area (Å²) in [5, 5.41) is 0. The van der Waals surface area contributed by atoms with Gasteiger partial charge in [0, 0.05) is 0 Å². The fourth-order valence-electron chi connectivity index (χ4n) is 2.57. The number of nitrogens with one attached hydrogen (secondary N) is 1. The first-order chi connectivity index (χ1) is 9.74. The molecule has 1 N–H and O–H groups in total. The van der Waals surface area contributed by atoms with Gasteiger partial charge >= 0.3 is 0 Å². The minimum atomic E-state index is -0.361. The van der Waals surface area contributed by atoms with Gasteiger partial charge in [-0.3, -0.25) is 4.79 Å². The van der Waals surface area contributed by atoms with Crippen molar-refractivity contribution in [1.82, 2.24) is 4.90 Å². The van der Waals surface area contributed by atoms with E-state index in [4.69, 9.17) is 4.74 Å². The number of nitrogens with zero attached hydrogens (tertiary/aromatic N) is 1. The lowest BCUT2D eigenvalue weighted by Gasteiger charge is -2.33. The van der Waals surface area contributed by atoms with Crippen LogP contribution in [-0.2, 0) is 4.79 Å². The largest absolute Gasteiger partial charge is 0.481 e. The van der Waals surface area contributed by atoms with Gasteiger partial charge < -0.3 is 14.5 Å². The van der Waals surface area contributed by atoms with Gasteiger partial charge in [0.25, 0.3) is 5.91 Å². The number of piperazine rings is 1. The molecule has 1 atom stereocenters. The number of ether oxygens (including phenoxy) is 1. The number of hydrogen-bond donors (Lipinski definition) is 1. The number of benzene rings is 1. The number of carbonyl (C=O) groups is 1. The van der Waals surface area contributed by atoms with Crippen molar-refractivity contribution in [3.05, 3.63) is 30.3 Å². The van der Waals surface area contributed by atoms with E-state index in [2.05, 4.69) is 6.92 Å². The Labute approximate surface area is 121 Å². The quantitative estimate of drug-likeness (QED) is 0.855. The number of para-hydroxylation sites is 1. The van der Waals surface area contributed by atoms with Crippen molar-refractivity contribution < 1.29 is 14.4 Å². The SMILES string of the molecule is CC[C@H](Oc1ccccc1)C(=O)N1CC[NH+](CC)CC1. The average Bonchev–Trinajstić information content (AvgIpc) is 2.53. The second-order valence-electron chi connectivity index (χ2n) is 5.26. The van der Waals surface area contributed by atoms with Crippen molar-refractivity contribution in [2.24, 2.45) is 0 Å². The molecular weight excluding hydrogens is 252 g/mol. The Morgan fingerprint density at radius 1 is 1.25 bits per heavy atom. The van der Waals surface area contributed by atoms with E-state index in [1.165, 1.54) is 0 Å². The number of hydrogen-bond acceptors (Lipinski definition) is 2. The zero-order valence-electron chi connectivity index (χ0n) is 12.5. The van der Waals surface area contributed by atoms with Crippen LogP contribution < -0.4 is 9.64 Å². The van der Waals surface area contributed by atoms with Gasteiger partial charge in [0.05, 0.1) is 32.7 Å². The summed E-state index contributed by atoms with van der Waals surface area (Å²) in [6.45, 7) is 9.11. The normalized spacial score (nSPS) is 17.8. The first-order valence-corrected chi connectivity index (χ1v) is 7.58. The van der Waals surface area contributed by atoms with Gasteiger partial charge in [-0.2, -0.15) is 0 Å². The molecule has 20 heavy (non-hydrogen) atoms. The second-order valence-corrected chi connectivity index (χ2v) is 5.26. The summed E-state index contributed by atoms with van der Waals surface area (Å²) < 4.78 is 5.83. The predicted octanol–water partition coefficient (Wildman–Crippen LogP) is 0.591. The lowest BCUT2D eigenvalue weighted by molar-refractivity contribution is -0.902. The van der Waals surface area contributed by atoms with Crippen LogP contribution in [0.1, 0.15) is 20.3 Å². The maximum atomic E-state index is 12.5. The van der Waals surface area contributed by atoms with E-state index in [1.54, 1.807) is 4.90 Å². The molecule has 0 spiro atoms. The smallest absolute Gasteiger partial charge is 0.264 e. The number of quaternary nitrogens is 1. The van der Waals surface area contributed by atoms with Gasteiger partial charge in [-0.25, -0.2) is 0 Å². The van der Waals surface area contributed by atoms with Crippen molar-refractivity contribution in [2.75, 3.05) is 32.7 Å². The highest BCUT2D eigenvalue weighted by molar-refractivity contribution is 5.81. The van der Waals surface area contributed by atoms with Gasteiger partial charge in [-0.1, -0.05) is 25.1 Å². The molecule has 1 aromatic rings. The molecule has 1 fully saturated rings. The molecular formula is C16H25N2O2+. The fraction of sp³-hybridized carbons (Fsp3) is 0.562. The Morgan fingerprint density at radius 3 is 2.45 bits per heavy atom. The van der Waals surface area contributed by atoms with E-state index in [1.807, 2.05) is 42.2 Å². The third-order valence-electron chi connectivity index (χ3n) is 3.95. The fourth-order valence-corrected chi connectivity index (χ4v) is 2.57. The van der Waals surface area contributed by atoms with E-state index in [0.717, 1.165) is 38.5 Å². The van der Waals surface area contributed by atoms with Crippen LogP contribution in [0.5, 0.6) is 5.75 Å². The lowest BCUT2D eigenvalue weighted by Crippen LogP contribution is -3.14. The van der Waals surface area contributed by atoms with Crippen molar-refractivity contribution in [3.63, 3.8) is 0 Å². The molecule has 110 valence electrons. The number of rotatable bonds is 5. The van der Waals surface area contributed by atoms with Crippen LogP contribution in [0.25, 0.3) is 0 Å². The van der Waals surface area contributed by atoms with Gasteiger partial charge in [0.2, 0.25) is 0 Å². The minimum Gasteiger partial charge on any atom is -0.481 e. The molecule has 0 radical (unpaired) electrons. The van der Waals surface area contributed by atoms with Crippen molar-refractivity contribution in [3.8, 4) is 5.75 Å². The maximum absolute atomic E-state index is 12.5. The highest BCUT2D eigenvalue weighted by Gasteiger charge is 2.28. The molecule has 4 heteroatoms. The Morgan fingerprint density at radius 2 is 1.90 bits per heavy atom. The maximum Gasteiger partial charge on any atom is 0.264 e. The van der Waals surface area contributed by atoms with Crippen LogP contribution in [0, 0.1) is 0 Å². The molecule has 4 nitrogen and oxygen atoms in total. The molecule has 1 saturated heterocycles. The monoisotopic (exact) mass is 277 g/mol. The highest BCUT2D eigenvalue weighted by atomic mass is 16.5. The van der Waals surface area contributed by atoms with Crippen molar-refractivity contribution >= 4 is 5.91 Å². The molecule has 0 aromatic heterocycles. The molecule has 2 rings (SSSR count). The van der Waals surface area contributed by atoms with Crippen LogP contribution in [0.15, 0.2) is 30.3 Å². The summed E-state index contributed by atoms with van der Waals surface area (Å²) in [6, 6.07) is 9.60. The van der Waals surface area contributed by atoms with Crippen molar-refractivity contribution in [2.45, 2.75) is 26.4 Å². The predicted molar refractivity (Wildman–Crippen MR) is 79.0 cm³/mol. The van der Waals surface area contributed by atoms with Crippen LogP contribution in [0.3, 0.4) is 0 Å². The van der Waals surface area contributed by atoms with E-state index in [9.17, 15) is 4.79 Å². The minimum absolute atomic E-state index is 0.131. The van der Waals surface area contributed by atoms with Gasteiger partial charge in [-0.15, -0.1) is 0 Å². The average molecular weight is 277 g/mol. The molecule has 0 saturated carbocycles. The molecule has 1 aromatic carbocycles. The third-order valence-corrected chi connectivity index (χ3v) is 3.95. The molecule has 0 aliphatic carbocycles. The van der Waals surface area contributed by atoms with Gasteiger partial charge in [-0.05, 0) is 25.5 Å². The van der Waals surface area contributed by atoms with E-state index in [0.29, 0.717) is 6.42 Å². The Kier molecular flexibility index (Phi) is 5.41. The molecule has 1 aliphatic heterocycles. The lowest BCUT2D eigenvalue weighted by atomic mass is 10.2. The Hall–Kier alpha value is -1.55. The van der Waals surface area contributed by atoms with E-state index in [-0.39, 0.29) is 12.0 Å². The highest BCUT2D eigenvalue weighted by Crippen LogP contribution is 2.14.